The third kappa shape index (κ3) is 5.40. The summed E-state index contributed by atoms with van der Waals surface area (Å²) in [5.74, 6) is -1.02. The number of esters is 1. The van der Waals surface area contributed by atoms with Gasteiger partial charge in [0.1, 0.15) is 10.6 Å². The van der Waals surface area contributed by atoms with Crippen molar-refractivity contribution in [3.8, 4) is 11.1 Å². The molecule has 3 aromatic rings. The zero-order chi connectivity index (χ0) is 23.3. The molecule has 0 fully saturated rings. The Kier molecular flexibility index (Phi) is 7.40. The van der Waals surface area contributed by atoms with Gasteiger partial charge in [-0.25, -0.2) is 4.79 Å². The second kappa shape index (κ2) is 10.2. The van der Waals surface area contributed by atoms with Crippen molar-refractivity contribution < 1.29 is 19.2 Å². The van der Waals surface area contributed by atoms with E-state index in [1.54, 1.807) is 37.3 Å². The smallest absolute Gasteiger partial charge is 0.341 e. The molecule has 1 heterocycles. The van der Waals surface area contributed by atoms with Crippen LogP contribution in [0, 0.1) is 17.0 Å². The summed E-state index contributed by atoms with van der Waals surface area (Å²) >= 11 is 7.25. The SMILES string of the molecule is CCOC(=O)c1c(NC(=O)C=Cc2cccc([N+](=O)[O-])c2)sc(C)c1-c1ccc(Cl)cc1. The Labute approximate surface area is 193 Å². The zero-order valence-corrected chi connectivity index (χ0v) is 18.8. The Balaban J connectivity index is 1.91. The van der Waals surface area contributed by atoms with Crippen LogP contribution in [0.3, 0.4) is 0 Å². The summed E-state index contributed by atoms with van der Waals surface area (Å²) in [5.41, 5.74) is 2.15. The predicted octanol–water partition coefficient (Wildman–Crippen LogP) is 6.11. The van der Waals surface area contributed by atoms with Gasteiger partial charge in [-0.15, -0.1) is 11.3 Å². The standard InChI is InChI=1S/C23H19ClN2O5S/c1-3-31-23(28)21-20(16-8-10-17(24)11-9-16)14(2)32-22(21)25-19(27)12-7-15-5-4-6-18(13-15)26(29)30/h4-13H,3H2,1-2H3,(H,25,27). The molecule has 1 aromatic heterocycles. The monoisotopic (exact) mass is 470 g/mol. The number of carbonyl (C=O) groups excluding carboxylic acids is 2. The Bertz CT molecular complexity index is 1200. The number of carbonyl (C=O) groups is 2. The van der Waals surface area contributed by atoms with Crippen molar-refractivity contribution in [1.82, 2.24) is 0 Å². The summed E-state index contributed by atoms with van der Waals surface area (Å²) in [6, 6.07) is 13.0. The molecule has 1 N–H and O–H groups in total. The lowest BCUT2D eigenvalue weighted by Gasteiger charge is -2.08. The molecule has 7 nitrogen and oxygen atoms in total. The largest absolute Gasteiger partial charge is 0.462 e. The van der Waals surface area contributed by atoms with Crippen LogP contribution < -0.4 is 5.32 Å². The molecule has 0 aliphatic carbocycles. The summed E-state index contributed by atoms with van der Waals surface area (Å²) in [6.07, 6.45) is 2.72. The van der Waals surface area contributed by atoms with Gasteiger partial charge in [0.25, 0.3) is 5.69 Å². The lowest BCUT2D eigenvalue weighted by atomic mass is 10.0. The molecule has 0 unspecified atom stereocenters. The number of non-ortho nitro benzene ring substituents is 1. The Morgan fingerprint density at radius 1 is 1.22 bits per heavy atom. The van der Waals surface area contributed by atoms with E-state index in [0.29, 0.717) is 21.2 Å². The molecule has 0 aliphatic rings. The number of rotatable bonds is 7. The van der Waals surface area contributed by atoms with Crippen LogP contribution in [0.5, 0.6) is 0 Å². The number of nitro groups is 1. The third-order valence-corrected chi connectivity index (χ3v) is 5.71. The van der Waals surface area contributed by atoms with Crippen molar-refractivity contribution in [2.24, 2.45) is 0 Å². The Hall–Kier alpha value is -3.49. The number of amides is 1. The van der Waals surface area contributed by atoms with E-state index in [2.05, 4.69) is 5.32 Å². The molecule has 0 spiro atoms. The fourth-order valence-electron chi connectivity index (χ4n) is 3.06. The second-order valence-electron chi connectivity index (χ2n) is 6.64. The third-order valence-electron chi connectivity index (χ3n) is 4.44. The minimum Gasteiger partial charge on any atom is -0.462 e. The number of anilines is 1. The lowest BCUT2D eigenvalue weighted by molar-refractivity contribution is -0.384. The van der Waals surface area contributed by atoms with Crippen molar-refractivity contribution in [3.63, 3.8) is 0 Å². The van der Waals surface area contributed by atoms with E-state index in [4.69, 9.17) is 16.3 Å². The Morgan fingerprint density at radius 3 is 2.59 bits per heavy atom. The van der Waals surface area contributed by atoms with Crippen molar-refractivity contribution in [3.05, 3.63) is 85.7 Å². The molecular formula is C23H19ClN2O5S. The van der Waals surface area contributed by atoms with Gasteiger partial charge < -0.3 is 10.1 Å². The first-order valence-electron chi connectivity index (χ1n) is 9.60. The highest BCUT2D eigenvalue weighted by molar-refractivity contribution is 7.17. The average molecular weight is 471 g/mol. The van der Waals surface area contributed by atoms with Gasteiger partial charge in [-0.1, -0.05) is 35.9 Å². The first-order chi connectivity index (χ1) is 15.3. The topological polar surface area (TPSA) is 98.5 Å². The van der Waals surface area contributed by atoms with Crippen molar-refractivity contribution in [2.45, 2.75) is 13.8 Å². The Morgan fingerprint density at radius 2 is 1.94 bits per heavy atom. The quantitative estimate of drug-likeness (QED) is 0.194. The average Bonchev–Trinajstić information content (AvgIpc) is 3.08. The summed E-state index contributed by atoms with van der Waals surface area (Å²) < 4.78 is 5.22. The summed E-state index contributed by atoms with van der Waals surface area (Å²) in [4.78, 5) is 36.5. The molecule has 32 heavy (non-hydrogen) atoms. The molecule has 1 amide bonds. The summed E-state index contributed by atoms with van der Waals surface area (Å²) in [6.45, 7) is 3.75. The maximum atomic E-state index is 12.7. The van der Waals surface area contributed by atoms with Gasteiger partial charge in [0, 0.05) is 33.7 Å². The van der Waals surface area contributed by atoms with Crippen molar-refractivity contribution in [1.29, 1.82) is 0 Å². The lowest BCUT2D eigenvalue weighted by Crippen LogP contribution is -2.12. The predicted molar refractivity (Wildman–Crippen MR) is 126 cm³/mol. The normalized spacial score (nSPS) is 10.8. The fraction of sp³-hybridized carbons (Fsp3) is 0.130. The zero-order valence-electron chi connectivity index (χ0n) is 17.3. The minimum atomic E-state index is -0.542. The van der Waals surface area contributed by atoms with Gasteiger partial charge >= 0.3 is 5.97 Å². The van der Waals surface area contributed by atoms with Gasteiger partial charge in [-0.05, 0) is 43.2 Å². The van der Waals surface area contributed by atoms with Crippen molar-refractivity contribution >= 4 is 51.6 Å². The highest BCUT2D eigenvalue weighted by atomic mass is 35.5. The molecule has 2 aromatic carbocycles. The number of nitro benzene ring substituents is 1. The van der Waals surface area contributed by atoms with Crippen LogP contribution >= 0.6 is 22.9 Å². The molecule has 0 atom stereocenters. The number of halogens is 1. The number of ether oxygens (including phenoxy) is 1. The maximum absolute atomic E-state index is 12.7. The molecule has 0 bridgehead atoms. The molecule has 3 rings (SSSR count). The number of benzene rings is 2. The molecule has 9 heteroatoms. The van der Waals surface area contributed by atoms with Gasteiger partial charge in [-0.3, -0.25) is 14.9 Å². The highest BCUT2D eigenvalue weighted by Gasteiger charge is 2.25. The number of nitrogens with zero attached hydrogens (tertiary/aromatic N) is 1. The second-order valence-corrected chi connectivity index (χ2v) is 8.30. The van der Waals surface area contributed by atoms with Crippen LogP contribution in [0.4, 0.5) is 10.7 Å². The highest BCUT2D eigenvalue weighted by Crippen LogP contribution is 2.40. The van der Waals surface area contributed by atoms with E-state index in [1.807, 2.05) is 6.92 Å². The molecule has 0 saturated heterocycles. The molecule has 0 saturated carbocycles. The number of thiophene rings is 1. The van der Waals surface area contributed by atoms with Gasteiger partial charge in [0.15, 0.2) is 0 Å². The van der Waals surface area contributed by atoms with E-state index in [1.165, 1.54) is 41.7 Å². The first kappa shape index (κ1) is 23.2. The molecule has 164 valence electrons. The van der Waals surface area contributed by atoms with Crippen LogP contribution in [0.2, 0.25) is 5.02 Å². The van der Waals surface area contributed by atoms with Crippen LogP contribution in [-0.4, -0.2) is 23.4 Å². The summed E-state index contributed by atoms with van der Waals surface area (Å²) in [5, 5.41) is 14.6. The van der Waals surface area contributed by atoms with Crippen molar-refractivity contribution in [2.75, 3.05) is 11.9 Å². The van der Waals surface area contributed by atoms with E-state index in [0.717, 1.165) is 10.4 Å². The fourth-order valence-corrected chi connectivity index (χ4v) is 4.26. The first-order valence-corrected chi connectivity index (χ1v) is 10.8. The maximum Gasteiger partial charge on any atom is 0.341 e. The van der Waals surface area contributed by atoms with Crippen LogP contribution in [0.1, 0.15) is 27.7 Å². The van der Waals surface area contributed by atoms with Gasteiger partial charge in [0.2, 0.25) is 5.91 Å². The molecular weight excluding hydrogens is 452 g/mol. The van der Waals surface area contributed by atoms with Crippen LogP contribution in [0.15, 0.2) is 54.6 Å². The molecule has 0 radical (unpaired) electrons. The minimum absolute atomic E-state index is 0.0707. The van der Waals surface area contributed by atoms with Crippen LogP contribution in [0.25, 0.3) is 17.2 Å². The van der Waals surface area contributed by atoms with Gasteiger partial charge in [0.05, 0.1) is 11.5 Å². The van der Waals surface area contributed by atoms with Crippen LogP contribution in [-0.2, 0) is 9.53 Å². The number of aryl methyl sites for hydroxylation is 1. The van der Waals surface area contributed by atoms with Gasteiger partial charge in [-0.2, -0.15) is 0 Å². The van der Waals surface area contributed by atoms with E-state index >= 15 is 0 Å². The van der Waals surface area contributed by atoms with E-state index in [-0.39, 0.29) is 17.9 Å². The number of hydrogen-bond donors (Lipinski definition) is 1. The number of hydrogen-bond acceptors (Lipinski definition) is 6. The number of nitrogens with one attached hydrogen (secondary N) is 1. The van der Waals surface area contributed by atoms with E-state index < -0.39 is 16.8 Å². The van der Waals surface area contributed by atoms with E-state index in [9.17, 15) is 19.7 Å². The molecule has 0 aliphatic heterocycles. The summed E-state index contributed by atoms with van der Waals surface area (Å²) in [7, 11) is 0.